The fourth-order valence-corrected chi connectivity index (χ4v) is 2.25. The molecule has 3 nitrogen and oxygen atoms in total. The molecular weight excluding hydrogens is 267 g/mol. The second kappa shape index (κ2) is 7.80. The van der Waals surface area contributed by atoms with E-state index in [0.717, 1.165) is 19.3 Å². The van der Waals surface area contributed by atoms with E-state index in [2.05, 4.69) is 17.2 Å². The third-order valence-corrected chi connectivity index (χ3v) is 3.96. The number of halogens is 1. The molecule has 0 bridgehead atoms. The number of benzene rings is 1. The van der Waals surface area contributed by atoms with Crippen LogP contribution in [0.25, 0.3) is 0 Å². The van der Waals surface area contributed by atoms with Gasteiger partial charge >= 0.3 is 0 Å². The third-order valence-electron chi connectivity index (χ3n) is 3.96. The predicted octanol–water partition coefficient (Wildman–Crippen LogP) is 2.83. The van der Waals surface area contributed by atoms with Crippen molar-refractivity contribution in [1.82, 2.24) is 5.32 Å². The number of carbonyl (C=O) groups excluding carboxylic acids is 1. The molecule has 0 radical (unpaired) electrons. The molecule has 0 fully saturated rings. The average molecular weight is 290 g/mol. The van der Waals surface area contributed by atoms with Gasteiger partial charge in [-0.3, -0.25) is 4.79 Å². The van der Waals surface area contributed by atoms with Crippen LogP contribution in [0.15, 0.2) is 18.2 Å². The van der Waals surface area contributed by atoms with Crippen LogP contribution in [0.1, 0.15) is 56.0 Å². The molecule has 4 heteroatoms. The Kier molecular flexibility index (Phi) is 6.39. The van der Waals surface area contributed by atoms with Crippen molar-refractivity contribution in [1.29, 1.82) is 0 Å². The molecule has 1 amide bonds. The molecule has 0 saturated heterocycles. The maximum atomic E-state index is 14.1. The minimum atomic E-state index is -0.562. The highest BCUT2D eigenvalue weighted by molar-refractivity contribution is 5.95. The second-order valence-electron chi connectivity index (χ2n) is 5.00. The summed E-state index contributed by atoms with van der Waals surface area (Å²) in [6.45, 7) is 6.29. The molecule has 21 heavy (non-hydrogen) atoms. The molecule has 0 heterocycles. The Bertz CT molecular complexity index is 545. The summed E-state index contributed by atoms with van der Waals surface area (Å²) in [5.74, 6) is 4.46. The number of rotatable bonds is 5. The fraction of sp³-hybridized carbons (Fsp3) is 0.471. The largest absolute Gasteiger partial charge is 0.347 e. The van der Waals surface area contributed by atoms with E-state index >= 15 is 0 Å². The van der Waals surface area contributed by atoms with Gasteiger partial charge in [-0.1, -0.05) is 32.6 Å². The van der Waals surface area contributed by atoms with E-state index in [4.69, 9.17) is 5.73 Å². The van der Waals surface area contributed by atoms with Gasteiger partial charge in [0.2, 0.25) is 0 Å². The molecule has 0 aliphatic carbocycles. The molecule has 1 aromatic rings. The van der Waals surface area contributed by atoms with Gasteiger partial charge < -0.3 is 11.1 Å². The Morgan fingerprint density at radius 3 is 2.38 bits per heavy atom. The lowest BCUT2D eigenvalue weighted by Gasteiger charge is -2.31. The summed E-state index contributed by atoms with van der Waals surface area (Å²) in [6, 6.07) is 4.37. The summed E-state index contributed by atoms with van der Waals surface area (Å²) in [6.07, 6.45) is 2.44. The van der Waals surface area contributed by atoms with Gasteiger partial charge in [-0.2, -0.15) is 0 Å². The minimum absolute atomic E-state index is 0.0491. The Morgan fingerprint density at radius 1 is 1.29 bits per heavy atom. The molecule has 114 valence electrons. The normalized spacial score (nSPS) is 10.7. The van der Waals surface area contributed by atoms with Crippen molar-refractivity contribution in [3.05, 3.63) is 35.1 Å². The molecule has 0 aliphatic rings. The van der Waals surface area contributed by atoms with Gasteiger partial charge in [0.05, 0.1) is 12.1 Å². The van der Waals surface area contributed by atoms with Crippen LogP contribution < -0.4 is 11.1 Å². The van der Waals surface area contributed by atoms with Gasteiger partial charge in [-0.05, 0) is 37.5 Å². The smallest absolute Gasteiger partial charge is 0.254 e. The first-order chi connectivity index (χ1) is 10.0. The zero-order chi connectivity index (χ0) is 15.9. The van der Waals surface area contributed by atoms with Crippen LogP contribution in [0.5, 0.6) is 0 Å². The second-order valence-corrected chi connectivity index (χ2v) is 5.00. The Labute approximate surface area is 126 Å². The first-order valence-corrected chi connectivity index (χ1v) is 7.32. The van der Waals surface area contributed by atoms with Gasteiger partial charge in [0.1, 0.15) is 5.82 Å². The topological polar surface area (TPSA) is 55.1 Å². The van der Waals surface area contributed by atoms with Crippen molar-refractivity contribution in [2.45, 2.75) is 45.6 Å². The number of hydrogen-bond donors (Lipinski definition) is 2. The average Bonchev–Trinajstić information content (AvgIpc) is 2.50. The van der Waals surface area contributed by atoms with Crippen LogP contribution >= 0.6 is 0 Å². The van der Waals surface area contributed by atoms with Crippen molar-refractivity contribution in [2.75, 3.05) is 6.54 Å². The zero-order valence-corrected chi connectivity index (χ0v) is 12.9. The van der Waals surface area contributed by atoms with Gasteiger partial charge in [0.15, 0.2) is 0 Å². The van der Waals surface area contributed by atoms with Crippen molar-refractivity contribution < 1.29 is 9.18 Å². The van der Waals surface area contributed by atoms with Crippen LogP contribution in [0.3, 0.4) is 0 Å². The van der Waals surface area contributed by atoms with E-state index in [1.165, 1.54) is 12.1 Å². The molecule has 3 N–H and O–H groups in total. The number of amides is 1. The maximum Gasteiger partial charge on any atom is 0.254 e. The first-order valence-electron chi connectivity index (χ1n) is 7.32. The lowest BCUT2D eigenvalue weighted by molar-refractivity contribution is 0.0884. The summed E-state index contributed by atoms with van der Waals surface area (Å²) < 4.78 is 14.1. The Hall–Kier alpha value is -1.86. The quantitative estimate of drug-likeness (QED) is 0.819. The number of hydrogen-bond acceptors (Lipinski definition) is 2. The standard InChI is InChI=1S/C17H23FN2O/c1-4-17(5-2,6-3)20-16(21)14-10-9-13(8-7-11-19)12-15(14)18/h9-10,12H,4-6,11,19H2,1-3H3,(H,20,21). The van der Waals surface area contributed by atoms with Crippen LogP contribution in [0, 0.1) is 17.7 Å². The number of nitrogens with two attached hydrogens (primary N) is 1. The summed E-state index contributed by atoms with van der Waals surface area (Å²) >= 11 is 0. The Morgan fingerprint density at radius 2 is 1.90 bits per heavy atom. The van der Waals surface area contributed by atoms with Crippen LogP contribution in [0.4, 0.5) is 4.39 Å². The van der Waals surface area contributed by atoms with Crippen molar-refractivity contribution >= 4 is 5.91 Å². The van der Waals surface area contributed by atoms with E-state index in [0.29, 0.717) is 5.56 Å². The lowest BCUT2D eigenvalue weighted by Crippen LogP contribution is -2.47. The fourth-order valence-electron chi connectivity index (χ4n) is 2.25. The zero-order valence-electron chi connectivity index (χ0n) is 12.9. The molecular formula is C17H23FN2O. The molecule has 0 saturated carbocycles. The predicted molar refractivity (Wildman–Crippen MR) is 83.4 cm³/mol. The summed E-state index contributed by atoms with van der Waals surface area (Å²) in [5, 5.41) is 2.96. The van der Waals surface area contributed by atoms with Crippen molar-refractivity contribution in [2.24, 2.45) is 5.73 Å². The molecule has 0 aromatic heterocycles. The molecule has 0 aliphatic heterocycles. The monoisotopic (exact) mass is 290 g/mol. The minimum Gasteiger partial charge on any atom is -0.347 e. The Balaban J connectivity index is 2.98. The van der Waals surface area contributed by atoms with E-state index in [9.17, 15) is 9.18 Å². The molecule has 0 spiro atoms. The summed E-state index contributed by atoms with van der Waals surface area (Å²) in [5.41, 5.74) is 5.57. The number of carbonyl (C=O) groups is 1. The van der Waals surface area contributed by atoms with E-state index in [1.54, 1.807) is 6.07 Å². The van der Waals surface area contributed by atoms with E-state index in [-0.39, 0.29) is 23.6 Å². The molecule has 0 atom stereocenters. The summed E-state index contributed by atoms with van der Waals surface area (Å²) in [7, 11) is 0. The maximum absolute atomic E-state index is 14.1. The summed E-state index contributed by atoms with van der Waals surface area (Å²) in [4.78, 5) is 12.3. The highest BCUT2D eigenvalue weighted by Gasteiger charge is 2.27. The lowest BCUT2D eigenvalue weighted by atomic mass is 9.89. The van der Waals surface area contributed by atoms with E-state index in [1.807, 2.05) is 20.8 Å². The molecule has 1 aromatic carbocycles. The van der Waals surface area contributed by atoms with Crippen LogP contribution in [0.2, 0.25) is 0 Å². The van der Waals surface area contributed by atoms with Gasteiger partial charge in [-0.15, -0.1) is 0 Å². The molecule has 0 unspecified atom stereocenters. The highest BCUT2D eigenvalue weighted by atomic mass is 19.1. The van der Waals surface area contributed by atoms with E-state index < -0.39 is 5.82 Å². The van der Waals surface area contributed by atoms with Crippen molar-refractivity contribution in [3.63, 3.8) is 0 Å². The van der Waals surface area contributed by atoms with Crippen LogP contribution in [-0.4, -0.2) is 18.0 Å². The SMILES string of the molecule is CCC(CC)(CC)NC(=O)c1ccc(C#CCN)cc1F. The van der Waals surface area contributed by atoms with Gasteiger partial charge in [0, 0.05) is 11.1 Å². The van der Waals surface area contributed by atoms with Gasteiger partial charge in [0.25, 0.3) is 5.91 Å². The number of nitrogens with one attached hydrogen (secondary N) is 1. The first kappa shape index (κ1) is 17.2. The van der Waals surface area contributed by atoms with Crippen LogP contribution in [-0.2, 0) is 0 Å². The van der Waals surface area contributed by atoms with Gasteiger partial charge in [-0.25, -0.2) is 4.39 Å². The molecule has 1 rings (SSSR count). The third kappa shape index (κ3) is 4.30. The van der Waals surface area contributed by atoms with Crippen molar-refractivity contribution in [3.8, 4) is 11.8 Å². The highest BCUT2D eigenvalue weighted by Crippen LogP contribution is 2.20.